The third-order valence-corrected chi connectivity index (χ3v) is 4.23. The van der Waals surface area contributed by atoms with Gasteiger partial charge in [0.25, 0.3) is 0 Å². The number of oxime groups is 1. The molecule has 1 aliphatic rings. The number of benzene rings is 1. The Balaban J connectivity index is 2.29. The summed E-state index contributed by atoms with van der Waals surface area (Å²) >= 11 is 0. The summed E-state index contributed by atoms with van der Waals surface area (Å²) in [5.74, 6) is -0.316. The minimum atomic E-state index is -1.01. The minimum Gasteiger partial charge on any atom is -0.409 e. The summed E-state index contributed by atoms with van der Waals surface area (Å²) < 4.78 is 5.29. The van der Waals surface area contributed by atoms with Gasteiger partial charge < -0.3 is 21.0 Å². The van der Waals surface area contributed by atoms with Crippen molar-refractivity contribution in [3.8, 4) is 0 Å². The van der Waals surface area contributed by atoms with E-state index in [0.29, 0.717) is 26.1 Å². The van der Waals surface area contributed by atoms with Crippen LogP contribution < -0.4 is 11.1 Å². The van der Waals surface area contributed by atoms with E-state index in [0.717, 1.165) is 16.8 Å². The van der Waals surface area contributed by atoms with E-state index in [2.05, 4.69) is 10.5 Å². The highest BCUT2D eigenvalue weighted by Gasteiger charge is 2.44. The van der Waals surface area contributed by atoms with Crippen LogP contribution in [0.1, 0.15) is 24.0 Å². The van der Waals surface area contributed by atoms with E-state index in [4.69, 9.17) is 15.7 Å². The number of carbonyl (C=O) groups excluding carboxylic acids is 1. The maximum atomic E-state index is 12.7. The molecule has 1 aliphatic heterocycles. The van der Waals surface area contributed by atoms with Crippen molar-refractivity contribution in [2.24, 2.45) is 16.3 Å². The highest BCUT2D eigenvalue weighted by atomic mass is 16.5. The van der Waals surface area contributed by atoms with E-state index in [1.165, 1.54) is 0 Å². The number of aryl methyl sites for hydroxylation is 1. The van der Waals surface area contributed by atoms with Crippen LogP contribution in [0.5, 0.6) is 0 Å². The van der Waals surface area contributed by atoms with Gasteiger partial charge in [0.2, 0.25) is 5.91 Å². The number of ether oxygens (including phenoxy) is 1. The van der Waals surface area contributed by atoms with Gasteiger partial charge in [0.15, 0.2) is 5.84 Å². The van der Waals surface area contributed by atoms with Crippen LogP contribution in [0.2, 0.25) is 0 Å². The Hall–Kier alpha value is -2.08. The Morgan fingerprint density at radius 2 is 2.05 bits per heavy atom. The van der Waals surface area contributed by atoms with Gasteiger partial charge in [0, 0.05) is 18.9 Å². The molecular weight excluding hydrogens is 270 g/mol. The SMILES string of the molecule is Cc1cccc(NC(=O)C2(C(N)=NO)CCOCC2)c1C. The van der Waals surface area contributed by atoms with Gasteiger partial charge in [0.1, 0.15) is 5.41 Å². The quantitative estimate of drug-likeness (QED) is 0.342. The first kappa shape index (κ1) is 15.3. The Morgan fingerprint density at radius 3 is 2.67 bits per heavy atom. The molecule has 0 atom stereocenters. The average molecular weight is 291 g/mol. The lowest BCUT2D eigenvalue weighted by Crippen LogP contribution is -2.50. The number of carbonyl (C=O) groups is 1. The van der Waals surface area contributed by atoms with Gasteiger partial charge in [-0.15, -0.1) is 0 Å². The Labute approximate surface area is 124 Å². The molecule has 1 fully saturated rings. The lowest BCUT2D eigenvalue weighted by molar-refractivity contribution is -0.126. The van der Waals surface area contributed by atoms with E-state index in [1.807, 2.05) is 32.0 Å². The number of nitrogens with two attached hydrogens (primary N) is 1. The zero-order chi connectivity index (χ0) is 15.5. The zero-order valence-electron chi connectivity index (χ0n) is 12.3. The van der Waals surface area contributed by atoms with Crippen LogP contribution in [-0.2, 0) is 9.53 Å². The molecule has 1 heterocycles. The number of amidine groups is 1. The molecule has 0 unspecified atom stereocenters. The summed E-state index contributed by atoms with van der Waals surface area (Å²) in [6, 6.07) is 5.72. The molecule has 6 nitrogen and oxygen atoms in total. The van der Waals surface area contributed by atoms with Crippen molar-refractivity contribution in [2.45, 2.75) is 26.7 Å². The minimum absolute atomic E-state index is 0.0615. The topological polar surface area (TPSA) is 96.9 Å². The van der Waals surface area contributed by atoms with Crippen molar-refractivity contribution in [3.63, 3.8) is 0 Å². The van der Waals surface area contributed by atoms with Gasteiger partial charge in [-0.25, -0.2) is 0 Å². The van der Waals surface area contributed by atoms with Crippen molar-refractivity contribution >= 4 is 17.4 Å². The number of hydrogen-bond acceptors (Lipinski definition) is 4. The predicted octanol–water partition coefficient (Wildman–Crippen LogP) is 1.79. The van der Waals surface area contributed by atoms with Gasteiger partial charge in [-0.1, -0.05) is 17.3 Å². The fourth-order valence-electron chi connectivity index (χ4n) is 2.54. The van der Waals surface area contributed by atoms with E-state index in [1.54, 1.807) is 0 Å². The molecular formula is C15H21N3O3. The van der Waals surface area contributed by atoms with Crippen LogP contribution >= 0.6 is 0 Å². The number of anilines is 1. The second-order valence-electron chi connectivity index (χ2n) is 5.38. The van der Waals surface area contributed by atoms with Crippen LogP contribution in [0.15, 0.2) is 23.4 Å². The first-order valence-electron chi connectivity index (χ1n) is 6.94. The fraction of sp³-hybridized carbons (Fsp3) is 0.467. The smallest absolute Gasteiger partial charge is 0.238 e. The largest absolute Gasteiger partial charge is 0.409 e. The van der Waals surface area contributed by atoms with Crippen LogP contribution in [0.3, 0.4) is 0 Å². The monoisotopic (exact) mass is 291 g/mol. The molecule has 1 aromatic rings. The number of nitrogens with zero attached hydrogens (tertiary/aromatic N) is 1. The Morgan fingerprint density at radius 1 is 1.38 bits per heavy atom. The summed E-state index contributed by atoms with van der Waals surface area (Å²) in [4.78, 5) is 12.7. The highest BCUT2D eigenvalue weighted by molar-refractivity contribution is 6.12. The van der Waals surface area contributed by atoms with Crippen LogP contribution in [-0.4, -0.2) is 30.2 Å². The summed E-state index contributed by atoms with van der Waals surface area (Å²) in [7, 11) is 0. The third kappa shape index (κ3) is 2.85. The Kier molecular flexibility index (Phi) is 4.47. The first-order chi connectivity index (χ1) is 10.0. The molecule has 0 aliphatic carbocycles. The van der Waals surface area contributed by atoms with E-state index >= 15 is 0 Å². The van der Waals surface area contributed by atoms with E-state index < -0.39 is 5.41 Å². The van der Waals surface area contributed by atoms with Crippen molar-refractivity contribution in [1.82, 2.24) is 0 Å². The molecule has 0 bridgehead atoms. The molecule has 1 amide bonds. The number of rotatable bonds is 3. The van der Waals surface area contributed by atoms with Gasteiger partial charge >= 0.3 is 0 Å². The molecule has 4 N–H and O–H groups in total. The second-order valence-corrected chi connectivity index (χ2v) is 5.38. The second kappa shape index (κ2) is 6.13. The highest BCUT2D eigenvalue weighted by Crippen LogP contribution is 2.33. The molecule has 0 aromatic heterocycles. The molecule has 114 valence electrons. The molecule has 0 saturated carbocycles. The van der Waals surface area contributed by atoms with E-state index in [-0.39, 0.29) is 11.7 Å². The summed E-state index contributed by atoms with van der Waals surface area (Å²) in [5, 5.41) is 15.0. The molecule has 1 saturated heterocycles. The molecule has 2 rings (SSSR count). The van der Waals surface area contributed by atoms with Gasteiger partial charge in [-0.3, -0.25) is 4.79 Å². The van der Waals surface area contributed by atoms with Crippen LogP contribution in [0.25, 0.3) is 0 Å². The average Bonchev–Trinajstić information content (AvgIpc) is 2.51. The Bertz CT molecular complexity index is 563. The molecule has 0 radical (unpaired) electrons. The predicted molar refractivity (Wildman–Crippen MR) is 80.4 cm³/mol. The lowest BCUT2D eigenvalue weighted by Gasteiger charge is -2.34. The summed E-state index contributed by atoms with van der Waals surface area (Å²) in [6.45, 7) is 4.76. The van der Waals surface area contributed by atoms with Gasteiger partial charge in [-0.2, -0.15) is 0 Å². The van der Waals surface area contributed by atoms with Gasteiger partial charge in [0.05, 0.1) is 0 Å². The van der Waals surface area contributed by atoms with Crippen molar-refractivity contribution in [3.05, 3.63) is 29.3 Å². The lowest BCUT2D eigenvalue weighted by atomic mass is 9.78. The van der Waals surface area contributed by atoms with E-state index in [9.17, 15) is 4.79 Å². The maximum absolute atomic E-state index is 12.7. The molecule has 0 spiro atoms. The molecule has 21 heavy (non-hydrogen) atoms. The number of amides is 1. The maximum Gasteiger partial charge on any atom is 0.238 e. The molecule has 6 heteroatoms. The number of nitrogens with one attached hydrogen (secondary N) is 1. The summed E-state index contributed by atoms with van der Waals surface area (Å²) in [5.41, 5.74) is 7.63. The van der Waals surface area contributed by atoms with Crippen molar-refractivity contribution < 1.29 is 14.7 Å². The standard InChI is InChI=1S/C15H21N3O3/c1-10-4-3-5-12(11(10)2)17-14(19)15(13(16)18-20)6-8-21-9-7-15/h3-5,20H,6-9H2,1-2H3,(H2,16,18)(H,17,19). The van der Waals surface area contributed by atoms with Gasteiger partial charge in [-0.05, 0) is 43.9 Å². The van der Waals surface area contributed by atoms with Crippen LogP contribution in [0.4, 0.5) is 5.69 Å². The summed E-state index contributed by atoms with van der Waals surface area (Å²) in [6.07, 6.45) is 0.805. The third-order valence-electron chi connectivity index (χ3n) is 4.23. The fourth-order valence-corrected chi connectivity index (χ4v) is 2.54. The van der Waals surface area contributed by atoms with Crippen molar-refractivity contribution in [2.75, 3.05) is 18.5 Å². The zero-order valence-corrected chi connectivity index (χ0v) is 12.3. The molecule has 1 aromatic carbocycles. The van der Waals surface area contributed by atoms with Crippen molar-refractivity contribution in [1.29, 1.82) is 0 Å². The first-order valence-corrected chi connectivity index (χ1v) is 6.94. The normalized spacial score (nSPS) is 18.3. The van der Waals surface area contributed by atoms with Crippen LogP contribution in [0, 0.1) is 19.3 Å². The number of hydrogen-bond donors (Lipinski definition) is 3.